The number of aromatic nitrogens is 2. The van der Waals surface area contributed by atoms with E-state index >= 15 is 0 Å². The van der Waals surface area contributed by atoms with Crippen LogP contribution in [-0.4, -0.2) is 66.5 Å². The van der Waals surface area contributed by atoms with Gasteiger partial charge in [0.2, 0.25) is 11.7 Å². The molecule has 1 aromatic heterocycles. The van der Waals surface area contributed by atoms with Gasteiger partial charge in [0.05, 0.1) is 4.90 Å². The number of rotatable bonds is 7. The Bertz CT molecular complexity index is 1200. The lowest BCUT2D eigenvalue weighted by molar-refractivity contribution is -0.0665. The summed E-state index contributed by atoms with van der Waals surface area (Å²) in [5.41, 5.74) is -5.12. The molecule has 1 saturated heterocycles. The largest absolute Gasteiger partial charge is 0.501 e. The number of nitrogens with one attached hydrogen (secondary N) is 1. The lowest BCUT2D eigenvalue weighted by atomic mass is 10.1. The molecule has 0 amide bonds. The molecule has 2 aromatic carbocycles. The number of nitrogens with zero attached hydrogens (tertiary/aromatic N) is 3. The lowest BCUT2D eigenvalue weighted by Gasteiger charge is -2.36. The minimum Gasteiger partial charge on any atom is -0.489 e. The molecule has 3 aromatic rings. The van der Waals surface area contributed by atoms with Gasteiger partial charge in [-0.05, 0) is 36.4 Å². The van der Waals surface area contributed by atoms with E-state index in [0.29, 0.717) is 25.4 Å². The van der Waals surface area contributed by atoms with Crippen LogP contribution >= 0.6 is 0 Å². The van der Waals surface area contributed by atoms with Crippen LogP contribution in [0.4, 0.5) is 13.2 Å². The molecule has 0 aliphatic carbocycles. The van der Waals surface area contributed by atoms with Crippen molar-refractivity contribution < 1.29 is 36.0 Å². The average Bonchev–Trinajstić information content (AvgIpc) is 3.33. The number of piperazine rings is 1. The normalized spacial score (nSPS) is 18.5. The van der Waals surface area contributed by atoms with Crippen molar-refractivity contribution in [1.29, 1.82) is 0 Å². The number of alkyl halides is 3. The van der Waals surface area contributed by atoms with Crippen molar-refractivity contribution in [2.45, 2.75) is 22.7 Å². The van der Waals surface area contributed by atoms with Gasteiger partial charge in [0, 0.05) is 25.2 Å². The van der Waals surface area contributed by atoms with E-state index in [0.717, 1.165) is 12.1 Å². The van der Waals surface area contributed by atoms with Crippen LogP contribution in [0.3, 0.4) is 0 Å². The Balaban J connectivity index is 1.48. The second kappa shape index (κ2) is 9.70. The highest BCUT2D eigenvalue weighted by Gasteiger charge is 2.46. The number of para-hydroxylation sites is 1. The first-order chi connectivity index (χ1) is 16.2. The Labute approximate surface area is 193 Å². The van der Waals surface area contributed by atoms with Gasteiger partial charge in [0.1, 0.15) is 24.6 Å². The van der Waals surface area contributed by atoms with E-state index in [1.165, 1.54) is 12.1 Å². The fraction of sp³-hybridized carbons (Fsp3) is 0.333. The molecule has 2 atom stereocenters. The summed E-state index contributed by atoms with van der Waals surface area (Å²) in [7, 11) is -5.45. The van der Waals surface area contributed by atoms with Crippen LogP contribution in [-0.2, 0) is 9.84 Å². The van der Waals surface area contributed by atoms with Crippen molar-refractivity contribution in [2.75, 3.05) is 26.2 Å². The standard InChI is InChI=1S/C21H21F3N4O5S/c22-21(23,24)34(30,31)16-8-6-14(7-9-16)19-26-20(33-27-19)17-12-25-10-11-28(17)18(29)13-32-15-4-2-1-3-5-15/h1-9,17-18,25,29H,10-13H2. The van der Waals surface area contributed by atoms with Crippen molar-refractivity contribution >= 4 is 9.84 Å². The summed E-state index contributed by atoms with van der Waals surface area (Å²) < 4.78 is 72.3. The lowest BCUT2D eigenvalue weighted by Crippen LogP contribution is -2.52. The Morgan fingerprint density at radius 1 is 1.18 bits per heavy atom. The molecule has 0 bridgehead atoms. The third-order valence-corrected chi connectivity index (χ3v) is 6.77. The summed E-state index contributed by atoms with van der Waals surface area (Å²) in [6.07, 6.45) is -0.963. The Morgan fingerprint density at radius 3 is 2.56 bits per heavy atom. The van der Waals surface area contributed by atoms with Crippen LogP contribution in [0.5, 0.6) is 5.75 Å². The van der Waals surface area contributed by atoms with Crippen LogP contribution in [0.25, 0.3) is 11.4 Å². The number of hydrogen-bond acceptors (Lipinski definition) is 9. The molecule has 2 heterocycles. The summed E-state index contributed by atoms with van der Waals surface area (Å²) in [6.45, 7) is 1.52. The average molecular weight is 498 g/mol. The quantitative estimate of drug-likeness (QED) is 0.506. The monoisotopic (exact) mass is 498 g/mol. The molecular weight excluding hydrogens is 477 g/mol. The minimum absolute atomic E-state index is 0.0106. The molecule has 0 radical (unpaired) electrons. The summed E-state index contributed by atoms with van der Waals surface area (Å²) >= 11 is 0. The first-order valence-electron chi connectivity index (χ1n) is 10.2. The number of sulfone groups is 1. The van der Waals surface area contributed by atoms with E-state index in [9.17, 15) is 26.7 Å². The Kier molecular flexibility index (Phi) is 6.89. The van der Waals surface area contributed by atoms with Gasteiger partial charge in [-0.15, -0.1) is 0 Å². The van der Waals surface area contributed by atoms with E-state index in [-0.39, 0.29) is 23.9 Å². The molecule has 2 unspecified atom stereocenters. The molecule has 4 rings (SSSR count). The summed E-state index contributed by atoms with van der Waals surface area (Å²) in [6, 6.07) is 12.6. The van der Waals surface area contributed by atoms with Crippen molar-refractivity contribution in [3.63, 3.8) is 0 Å². The zero-order valence-corrected chi connectivity index (χ0v) is 18.5. The Morgan fingerprint density at radius 2 is 1.88 bits per heavy atom. The SMILES string of the molecule is O=S(=O)(c1ccc(-c2noc(C3CNCCN3C(O)COc3ccccc3)n2)cc1)C(F)(F)F. The zero-order chi connectivity index (χ0) is 24.3. The van der Waals surface area contributed by atoms with Crippen LogP contribution in [0.1, 0.15) is 11.9 Å². The molecule has 9 nitrogen and oxygen atoms in total. The van der Waals surface area contributed by atoms with Crippen molar-refractivity contribution in [3.8, 4) is 17.1 Å². The molecule has 0 spiro atoms. The van der Waals surface area contributed by atoms with Crippen molar-refractivity contribution in [3.05, 3.63) is 60.5 Å². The van der Waals surface area contributed by atoms with Gasteiger partial charge in [-0.2, -0.15) is 18.2 Å². The van der Waals surface area contributed by atoms with Gasteiger partial charge < -0.3 is 19.7 Å². The first kappa shape index (κ1) is 24.1. The predicted octanol–water partition coefficient (Wildman–Crippen LogP) is 2.37. The first-order valence-corrected chi connectivity index (χ1v) is 11.7. The van der Waals surface area contributed by atoms with Crippen LogP contribution in [0, 0.1) is 0 Å². The topological polar surface area (TPSA) is 118 Å². The molecule has 1 aliphatic heterocycles. The second-order valence-corrected chi connectivity index (χ2v) is 9.43. The van der Waals surface area contributed by atoms with E-state index in [1.807, 2.05) is 18.2 Å². The van der Waals surface area contributed by atoms with Gasteiger partial charge in [-0.25, -0.2) is 8.42 Å². The van der Waals surface area contributed by atoms with Crippen LogP contribution in [0.15, 0.2) is 64.0 Å². The summed E-state index contributed by atoms with van der Waals surface area (Å²) in [4.78, 5) is 5.18. The Hall–Kier alpha value is -3.00. The number of ether oxygens (including phenoxy) is 1. The minimum atomic E-state index is -5.45. The highest BCUT2D eigenvalue weighted by atomic mass is 32.2. The van der Waals surface area contributed by atoms with E-state index in [4.69, 9.17) is 9.26 Å². The smallest absolute Gasteiger partial charge is 0.489 e. The van der Waals surface area contributed by atoms with Gasteiger partial charge >= 0.3 is 5.51 Å². The van der Waals surface area contributed by atoms with Gasteiger partial charge in [0.15, 0.2) is 0 Å². The molecule has 182 valence electrons. The highest BCUT2D eigenvalue weighted by molar-refractivity contribution is 7.92. The maximum absolute atomic E-state index is 12.7. The van der Waals surface area contributed by atoms with E-state index in [1.54, 1.807) is 17.0 Å². The molecular formula is C21H21F3N4O5S. The number of aliphatic hydroxyl groups is 1. The van der Waals surface area contributed by atoms with Gasteiger partial charge in [-0.1, -0.05) is 23.4 Å². The molecule has 34 heavy (non-hydrogen) atoms. The summed E-state index contributed by atoms with van der Waals surface area (Å²) in [5, 5.41) is 17.7. The third-order valence-electron chi connectivity index (χ3n) is 5.26. The molecule has 2 N–H and O–H groups in total. The van der Waals surface area contributed by atoms with Crippen LogP contribution in [0.2, 0.25) is 0 Å². The van der Waals surface area contributed by atoms with Crippen molar-refractivity contribution in [1.82, 2.24) is 20.4 Å². The van der Waals surface area contributed by atoms with E-state index in [2.05, 4.69) is 15.5 Å². The predicted molar refractivity (Wildman–Crippen MR) is 113 cm³/mol. The number of halogens is 3. The maximum Gasteiger partial charge on any atom is 0.501 e. The fourth-order valence-corrected chi connectivity index (χ4v) is 4.26. The molecule has 13 heteroatoms. The molecule has 1 fully saturated rings. The van der Waals surface area contributed by atoms with Gasteiger partial charge in [0.25, 0.3) is 9.84 Å². The summed E-state index contributed by atoms with van der Waals surface area (Å²) in [5.74, 6) is 0.878. The highest BCUT2D eigenvalue weighted by Crippen LogP contribution is 2.31. The zero-order valence-electron chi connectivity index (χ0n) is 17.6. The van der Waals surface area contributed by atoms with Crippen molar-refractivity contribution in [2.24, 2.45) is 0 Å². The fourth-order valence-electron chi connectivity index (χ4n) is 3.49. The van der Waals surface area contributed by atoms with Gasteiger partial charge in [-0.3, -0.25) is 4.90 Å². The maximum atomic E-state index is 12.7. The molecule has 1 aliphatic rings. The van der Waals surface area contributed by atoms with E-state index < -0.39 is 32.5 Å². The number of aliphatic hydroxyl groups excluding tert-OH is 1. The number of benzene rings is 2. The molecule has 0 saturated carbocycles. The number of hydrogen-bond donors (Lipinski definition) is 2. The van der Waals surface area contributed by atoms with Crippen LogP contribution < -0.4 is 10.1 Å². The third kappa shape index (κ3) is 5.06. The second-order valence-electron chi connectivity index (χ2n) is 7.49.